The molecule has 0 bridgehead atoms. The van der Waals surface area contributed by atoms with E-state index in [-0.39, 0.29) is 17.5 Å². The number of carbonyl (C=O) groups is 1. The van der Waals surface area contributed by atoms with E-state index in [0.717, 1.165) is 45.4 Å². The number of hydrogen-bond donors (Lipinski definition) is 0. The van der Waals surface area contributed by atoms with Crippen LogP contribution in [-0.4, -0.2) is 54.6 Å². The summed E-state index contributed by atoms with van der Waals surface area (Å²) in [7, 11) is 0. The van der Waals surface area contributed by atoms with Gasteiger partial charge in [0, 0.05) is 24.4 Å². The smallest absolute Gasteiger partial charge is 0.312 e. The Kier molecular flexibility index (Phi) is 6.20. The highest BCUT2D eigenvalue weighted by Gasteiger charge is 2.50. The van der Waals surface area contributed by atoms with E-state index in [2.05, 4.69) is 28.2 Å². The molecule has 3 aliphatic rings. The summed E-state index contributed by atoms with van der Waals surface area (Å²) in [6.45, 7) is 8.56. The lowest BCUT2D eigenvalue weighted by atomic mass is 9.76. The van der Waals surface area contributed by atoms with Gasteiger partial charge in [-0.3, -0.25) is 14.6 Å². The van der Waals surface area contributed by atoms with Gasteiger partial charge in [0.15, 0.2) is 0 Å². The molecule has 0 aliphatic carbocycles. The van der Waals surface area contributed by atoms with Crippen LogP contribution in [0.2, 0.25) is 0 Å². The van der Waals surface area contributed by atoms with Gasteiger partial charge in [-0.05, 0) is 75.8 Å². The molecule has 1 atom stereocenters. The number of thiophene rings is 1. The molecule has 3 fully saturated rings. The summed E-state index contributed by atoms with van der Waals surface area (Å²) in [6, 6.07) is 2.20. The van der Waals surface area contributed by atoms with Gasteiger partial charge in [0.05, 0.1) is 5.41 Å². The molecule has 27 heavy (non-hydrogen) atoms. The zero-order valence-electron chi connectivity index (χ0n) is 16.8. The van der Waals surface area contributed by atoms with Gasteiger partial charge in [-0.15, -0.1) is 11.3 Å². The molecular formula is C22H34N2O2S. The molecule has 1 unspecified atom stereocenters. The Morgan fingerprint density at radius 3 is 2.44 bits per heavy atom. The van der Waals surface area contributed by atoms with E-state index < -0.39 is 0 Å². The van der Waals surface area contributed by atoms with Crippen molar-refractivity contribution in [2.24, 2.45) is 5.41 Å². The van der Waals surface area contributed by atoms with E-state index >= 15 is 0 Å². The summed E-state index contributed by atoms with van der Waals surface area (Å²) in [5.41, 5.74) is 1.20. The average molecular weight is 391 g/mol. The maximum atomic E-state index is 12.7. The molecule has 0 saturated carbocycles. The van der Waals surface area contributed by atoms with Crippen molar-refractivity contribution in [2.45, 2.75) is 70.9 Å². The topological polar surface area (TPSA) is 32.8 Å². The summed E-state index contributed by atoms with van der Waals surface area (Å²) in [6.07, 6.45) is 9.66. The quantitative estimate of drug-likeness (QED) is 0.721. The summed E-state index contributed by atoms with van der Waals surface area (Å²) in [5.74, 6) is 0.0894. The Morgan fingerprint density at radius 1 is 1.07 bits per heavy atom. The standard InChI is InChI=1S/C22H34N2O2S/c1-18-7-14-27-20(18)17-24-12-8-22(9-13-24)15-19(26-21(22)25)16-23-10-5-3-2-4-6-11-23/h7,14,19H,2-6,8-13,15-17H2,1H3. The van der Waals surface area contributed by atoms with Crippen LogP contribution in [0.15, 0.2) is 11.4 Å². The SMILES string of the molecule is Cc1ccsc1CN1CCC2(CC1)CC(CN1CCCCCCC1)OC2=O. The van der Waals surface area contributed by atoms with Crippen LogP contribution in [0, 0.1) is 12.3 Å². The number of esters is 1. The third-order valence-electron chi connectivity index (χ3n) is 6.88. The second kappa shape index (κ2) is 8.62. The summed E-state index contributed by atoms with van der Waals surface area (Å²) >= 11 is 1.85. The van der Waals surface area contributed by atoms with Crippen molar-refractivity contribution in [3.05, 3.63) is 21.9 Å². The third kappa shape index (κ3) is 4.57. The van der Waals surface area contributed by atoms with Gasteiger partial charge >= 0.3 is 5.97 Å². The number of likely N-dealkylation sites (tertiary alicyclic amines) is 2. The minimum absolute atomic E-state index is 0.0894. The Labute approximate surface area is 167 Å². The Hall–Kier alpha value is -0.910. The molecule has 1 aromatic heterocycles. The van der Waals surface area contributed by atoms with Crippen LogP contribution in [0.1, 0.15) is 61.8 Å². The fourth-order valence-electron chi connectivity index (χ4n) is 5.04. The minimum atomic E-state index is -0.200. The lowest BCUT2D eigenvalue weighted by Gasteiger charge is -2.36. The number of carbonyl (C=O) groups excluding carboxylic acids is 1. The first kappa shape index (κ1) is 19.4. The largest absolute Gasteiger partial charge is 0.461 e. The number of hydrogen-bond acceptors (Lipinski definition) is 5. The van der Waals surface area contributed by atoms with Crippen LogP contribution in [0.3, 0.4) is 0 Å². The molecule has 4 nitrogen and oxygen atoms in total. The zero-order valence-corrected chi connectivity index (χ0v) is 17.6. The first-order valence-electron chi connectivity index (χ1n) is 10.8. The Balaban J connectivity index is 1.29. The monoisotopic (exact) mass is 390 g/mol. The van der Waals surface area contributed by atoms with Crippen LogP contribution < -0.4 is 0 Å². The summed E-state index contributed by atoms with van der Waals surface area (Å²) < 4.78 is 5.89. The van der Waals surface area contributed by atoms with E-state index in [4.69, 9.17) is 4.74 Å². The molecule has 1 spiro atoms. The van der Waals surface area contributed by atoms with Gasteiger partial charge in [0.2, 0.25) is 0 Å². The van der Waals surface area contributed by atoms with Crippen LogP contribution >= 0.6 is 11.3 Å². The van der Waals surface area contributed by atoms with E-state index in [0.29, 0.717) is 0 Å². The number of cyclic esters (lactones) is 1. The molecule has 150 valence electrons. The van der Waals surface area contributed by atoms with E-state index in [9.17, 15) is 4.79 Å². The number of piperidine rings is 1. The fraction of sp³-hybridized carbons (Fsp3) is 0.773. The molecule has 4 heterocycles. The molecule has 0 aromatic carbocycles. The first-order valence-corrected chi connectivity index (χ1v) is 11.7. The predicted octanol–water partition coefficient (Wildman–Crippen LogP) is 4.22. The van der Waals surface area contributed by atoms with Gasteiger partial charge in [0.25, 0.3) is 0 Å². The van der Waals surface area contributed by atoms with Crippen LogP contribution in [0.4, 0.5) is 0 Å². The fourth-order valence-corrected chi connectivity index (χ4v) is 5.99. The molecule has 3 saturated heterocycles. The lowest BCUT2D eigenvalue weighted by molar-refractivity contribution is -0.151. The number of rotatable bonds is 4. The van der Waals surface area contributed by atoms with Crippen molar-refractivity contribution in [1.29, 1.82) is 0 Å². The predicted molar refractivity (Wildman–Crippen MR) is 110 cm³/mol. The second-order valence-corrected chi connectivity index (χ2v) is 9.88. The van der Waals surface area contributed by atoms with Crippen molar-refractivity contribution in [1.82, 2.24) is 9.80 Å². The number of ether oxygens (including phenoxy) is 1. The molecule has 4 rings (SSSR count). The van der Waals surface area contributed by atoms with Crippen LogP contribution in [-0.2, 0) is 16.1 Å². The molecule has 0 amide bonds. The minimum Gasteiger partial charge on any atom is -0.461 e. The van der Waals surface area contributed by atoms with Crippen molar-refractivity contribution in [2.75, 3.05) is 32.7 Å². The number of nitrogens with zero attached hydrogens (tertiary/aromatic N) is 2. The number of aryl methyl sites for hydroxylation is 1. The van der Waals surface area contributed by atoms with Crippen molar-refractivity contribution >= 4 is 17.3 Å². The van der Waals surface area contributed by atoms with Gasteiger partial charge in [0.1, 0.15) is 6.10 Å². The van der Waals surface area contributed by atoms with Crippen LogP contribution in [0.25, 0.3) is 0 Å². The summed E-state index contributed by atoms with van der Waals surface area (Å²) in [4.78, 5) is 19.3. The third-order valence-corrected chi connectivity index (χ3v) is 7.89. The average Bonchev–Trinajstić information content (AvgIpc) is 3.16. The zero-order chi connectivity index (χ0) is 18.7. The van der Waals surface area contributed by atoms with E-state index in [1.165, 1.54) is 55.6 Å². The highest BCUT2D eigenvalue weighted by molar-refractivity contribution is 7.10. The highest BCUT2D eigenvalue weighted by atomic mass is 32.1. The Bertz CT molecular complexity index is 628. The molecular weight excluding hydrogens is 356 g/mol. The molecule has 1 aromatic rings. The Morgan fingerprint density at radius 2 is 1.78 bits per heavy atom. The molecule has 0 N–H and O–H groups in total. The molecule has 3 aliphatic heterocycles. The van der Waals surface area contributed by atoms with Gasteiger partial charge in [-0.2, -0.15) is 0 Å². The van der Waals surface area contributed by atoms with Crippen molar-refractivity contribution < 1.29 is 9.53 Å². The van der Waals surface area contributed by atoms with Crippen molar-refractivity contribution in [3.8, 4) is 0 Å². The first-order chi connectivity index (χ1) is 13.1. The maximum Gasteiger partial charge on any atom is 0.312 e. The molecule has 0 radical (unpaired) electrons. The van der Waals surface area contributed by atoms with Gasteiger partial charge < -0.3 is 4.74 Å². The van der Waals surface area contributed by atoms with Gasteiger partial charge in [-0.25, -0.2) is 0 Å². The van der Waals surface area contributed by atoms with E-state index in [1.54, 1.807) is 0 Å². The second-order valence-electron chi connectivity index (χ2n) is 8.88. The maximum absolute atomic E-state index is 12.7. The normalized spacial score (nSPS) is 27.4. The van der Waals surface area contributed by atoms with Crippen molar-refractivity contribution in [3.63, 3.8) is 0 Å². The lowest BCUT2D eigenvalue weighted by Crippen LogP contribution is -2.42. The molecule has 5 heteroatoms. The van der Waals surface area contributed by atoms with Gasteiger partial charge in [-0.1, -0.05) is 19.3 Å². The highest BCUT2D eigenvalue weighted by Crippen LogP contribution is 2.43. The summed E-state index contributed by atoms with van der Waals surface area (Å²) in [5, 5.41) is 2.18. The van der Waals surface area contributed by atoms with Crippen LogP contribution in [0.5, 0.6) is 0 Å². The van der Waals surface area contributed by atoms with E-state index in [1.807, 2.05) is 11.3 Å².